The number of hydrogen-bond acceptors (Lipinski definition) is 4. The van der Waals surface area contributed by atoms with E-state index in [-0.39, 0.29) is 11.9 Å². The van der Waals surface area contributed by atoms with Gasteiger partial charge >= 0.3 is 0 Å². The van der Waals surface area contributed by atoms with E-state index in [1.165, 1.54) is 0 Å². The molecular formula is C13H21N3OS. The number of aryl methyl sites for hydroxylation is 1. The van der Waals surface area contributed by atoms with E-state index in [2.05, 4.69) is 23.8 Å². The van der Waals surface area contributed by atoms with E-state index in [0.717, 1.165) is 23.6 Å². The Kier molecular flexibility index (Phi) is 6.12. The number of carbonyl (C=O) groups is 1. The molecule has 1 heterocycles. The van der Waals surface area contributed by atoms with Crippen LogP contribution in [0.2, 0.25) is 0 Å². The first-order valence-electron chi connectivity index (χ1n) is 6.19. The standard InChI is InChI=1S/C13H21N3OS/c1-5-18-7-6-11(3)16(4)13(17)12-9-14-10(2)8-15-12/h8-9,11H,5-7H2,1-4H3/t11-/m1/s1. The van der Waals surface area contributed by atoms with E-state index < -0.39 is 0 Å². The van der Waals surface area contributed by atoms with Gasteiger partial charge < -0.3 is 4.90 Å². The van der Waals surface area contributed by atoms with E-state index >= 15 is 0 Å². The van der Waals surface area contributed by atoms with Gasteiger partial charge in [-0.05, 0) is 31.8 Å². The normalized spacial score (nSPS) is 12.2. The summed E-state index contributed by atoms with van der Waals surface area (Å²) >= 11 is 1.90. The molecule has 100 valence electrons. The largest absolute Gasteiger partial charge is 0.338 e. The van der Waals surface area contributed by atoms with Crippen LogP contribution in [0.1, 0.15) is 36.5 Å². The Morgan fingerprint density at radius 1 is 1.44 bits per heavy atom. The van der Waals surface area contributed by atoms with Crippen LogP contribution < -0.4 is 0 Å². The van der Waals surface area contributed by atoms with E-state index in [1.54, 1.807) is 17.3 Å². The van der Waals surface area contributed by atoms with Crippen LogP contribution in [0.3, 0.4) is 0 Å². The molecule has 0 aliphatic carbocycles. The van der Waals surface area contributed by atoms with Gasteiger partial charge in [-0.2, -0.15) is 11.8 Å². The molecule has 18 heavy (non-hydrogen) atoms. The predicted octanol–water partition coefficient (Wildman–Crippen LogP) is 2.39. The monoisotopic (exact) mass is 267 g/mol. The van der Waals surface area contributed by atoms with Crippen LogP contribution >= 0.6 is 11.8 Å². The molecule has 1 aromatic rings. The lowest BCUT2D eigenvalue weighted by Crippen LogP contribution is -2.36. The minimum Gasteiger partial charge on any atom is -0.338 e. The zero-order chi connectivity index (χ0) is 13.5. The summed E-state index contributed by atoms with van der Waals surface area (Å²) in [5.74, 6) is 2.14. The average molecular weight is 267 g/mol. The Labute approximate surface area is 113 Å². The molecule has 5 heteroatoms. The molecule has 1 atom stereocenters. The lowest BCUT2D eigenvalue weighted by atomic mass is 10.2. The molecule has 0 N–H and O–H groups in total. The van der Waals surface area contributed by atoms with E-state index in [0.29, 0.717) is 5.69 Å². The molecule has 4 nitrogen and oxygen atoms in total. The Morgan fingerprint density at radius 3 is 2.72 bits per heavy atom. The zero-order valence-electron chi connectivity index (χ0n) is 11.5. The van der Waals surface area contributed by atoms with E-state index in [1.807, 2.05) is 25.7 Å². The highest BCUT2D eigenvalue weighted by molar-refractivity contribution is 7.99. The van der Waals surface area contributed by atoms with Gasteiger partial charge in [0.25, 0.3) is 5.91 Å². The molecule has 0 aliphatic rings. The molecule has 0 spiro atoms. The van der Waals surface area contributed by atoms with Crippen LogP contribution in [0.25, 0.3) is 0 Å². The molecule has 0 aliphatic heterocycles. The predicted molar refractivity (Wildman–Crippen MR) is 75.9 cm³/mol. The minimum absolute atomic E-state index is 0.0588. The molecule has 1 amide bonds. The van der Waals surface area contributed by atoms with Gasteiger partial charge in [0.05, 0.1) is 11.9 Å². The van der Waals surface area contributed by atoms with Crippen LogP contribution in [-0.4, -0.2) is 45.4 Å². The number of carbonyl (C=O) groups excluding carboxylic acids is 1. The summed E-state index contributed by atoms with van der Waals surface area (Å²) in [5.41, 5.74) is 1.24. The van der Waals surface area contributed by atoms with Crippen LogP contribution in [-0.2, 0) is 0 Å². The van der Waals surface area contributed by atoms with Crippen molar-refractivity contribution >= 4 is 17.7 Å². The Morgan fingerprint density at radius 2 is 2.17 bits per heavy atom. The van der Waals surface area contributed by atoms with Crippen molar-refractivity contribution in [1.82, 2.24) is 14.9 Å². The number of thioether (sulfide) groups is 1. The molecule has 0 saturated carbocycles. The van der Waals surface area contributed by atoms with Gasteiger partial charge in [-0.25, -0.2) is 4.98 Å². The van der Waals surface area contributed by atoms with Crippen molar-refractivity contribution in [1.29, 1.82) is 0 Å². The quantitative estimate of drug-likeness (QED) is 0.742. The van der Waals surface area contributed by atoms with Crippen molar-refractivity contribution in [3.63, 3.8) is 0 Å². The van der Waals surface area contributed by atoms with Gasteiger partial charge in [0.1, 0.15) is 5.69 Å². The third-order valence-corrected chi connectivity index (χ3v) is 3.80. The maximum absolute atomic E-state index is 12.1. The Bertz CT molecular complexity index is 380. The summed E-state index contributed by atoms with van der Waals surface area (Å²) in [6.07, 6.45) is 4.17. The average Bonchev–Trinajstić information content (AvgIpc) is 2.38. The van der Waals surface area contributed by atoms with Gasteiger partial charge in [0, 0.05) is 19.3 Å². The van der Waals surface area contributed by atoms with Crippen molar-refractivity contribution < 1.29 is 4.79 Å². The highest BCUT2D eigenvalue weighted by Gasteiger charge is 2.18. The van der Waals surface area contributed by atoms with Gasteiger partial charge in [0.15, 0.2) is 0 Å². The number of hydrogen-bond donors (Lipinski definition) is 0. The van der Waals surface area contributed by atoms with Crippen molar-refractivity contribution in [3.05, 3.63) is 23.8 Å². The second kappa shape index (κ2) is 7.36. The summed E-state index contributed by atoms with van der Waals surface area (Å²) in [6.45, 7) is 6.07. The van der Waals surface area contributed by atoms with Gasteiger partial charge in [-0.1, -0.05) is 6.92 Å². The fraction of sp³-hybridized carbons (Fsp3) is 0.615. The first kappa shape index (κ1) is 15.0. The summed E-state index contributed by atoms with van der Waals surface area (Å²) in [6, 6.07) is 0.222. The zero-order valence-corrected chi connectivity index (χ0v) is 12.3. The van der Waals surface area contributed by atoms with Crippen molar-refractivity contribution in [2.24, 2.45) is 0 Å². The lowest BCUT2D eigenvalue weighted by Gasteiger charge is -2.24. The fourth-order valence-corrected chi connectivity index (χ4v) is 2.27. The summed E-state index contributed by atoms with van der Waals surface area (Å²) < 4.78 is 0. The number of rotatable bonds is 6. The topological polar surface area (TPSA) is 46.1 Å². The molecule has 0 fully saturated rings. The first-order valence-corrected chi connectivity index (χ1v) is 7.35. The molecule has 0 radical (unpaired) electrons. The SMILES string of the molecule is CCSCC[C@@H](C)N(C)C(=O)c1cnc(C)cn1. The first-order chi connectivity index (χ1) is 8.56. The molecule has 0 aromatic carbocycles. The molecule has 1 aromatic heterocycles. The smallest absolute Gasteiger partial charge is 0.274 e. The summed E-state index contributed by atoms with van der Waals surface area (Å²) in [4.78, 5) is 22.1. The van der Waals surface area contributed by atoms with E-state index in [4.69, 9.17) is 0 Å². The van der Waals surface area contributed by atoms with Crippen molar-refractivity contribution in [2.45, 2.75) is 33.2 Å². The third-order valence-electron chi connectivity index (χ3n) is 2.87. The highest BCUT2D eigenvalue weighted by atomic mass is 32.2. The number of amides is 1. The van der Waals surface area contributed by atoms with Crippen LogP contribution in [0.15, 0.2) is 12.4 Å². The van der Waals surface area contributed by atoms with Gasteiger partial charge in [-0.3, -0.25) is 9.78 Å². The molecular weight excluding hydrogens is 246 g/mol. The maximum Gasteiger partial charge on any atom is 0.274 e. The second-order valence-electron chi connectivity index (χ2n) is 4.29. The van der Waals surface area contributed by atoms with Crippen LogP contribution in [0.4, 0.5) is 0 Å². The molecule has 0 saturated heterocycles. The van der Waals surface area contributed by atoms with Gasteiger partial charge in [0.2, 0.25) is 0 Å². The molecule has 0 unspecified atom stereocenters. The lowest BCUT2D eigenvalue weighted by molar-refractivity contribution is 0.0735. The summed E-state index contributed by atoms with van der Waals surface area (Å²) in [5, 5.41) is 0. The number of aromatic nitrogens is 2. The second-order valence-corrected chi connectivity index (χ2v) is 5.69. The molecule has 1 rings (SSSR count). The minimum atomic E-state index is -0.0588. The number of nitrogens with zero attached hydrogens (tertiary/aromatic N) is 3. The van der Waals surface area contributed by atoms with E-state index in [9.17, 15) is 4.79 Å². The van der Waals surface area contributed by atoms with Gasteiger partial charge in [-0.15, -0.1) is 0 Å². The maximum atomic E-state index is 12.1. The third kappa shape index (κ3) is 4.29. The van der Waals surface area contributed by atoms with Crippen LogP contribution in [0, 0.1) is 6.92 Å². The van der Waals surface area contributed by atoms with Crippen molar-refractivity contribution in [2.75, 3.05) is 18.6 Å². The summed E-state index contributed by atoms with van der Waals surface area (Å²) in [7, 11) is 1.82. The van der Waals surface area contributed by atoms with Crippen molar-refractivity contribution in [3.8, 4) is 0 Å². The Hall–Kier alpha value is -1.10. The van der Waals surface area contributed by atoms with Crippen LogP contribution in [0.5, 0.6) is 0 Å². The Balaban J connectivity index is 2.57. The molecule has 0 bridgehead atoms. The highest BCUT2D eigenvalue weighted by Crippen LogP contribution is 2.10. The fourth-order valence-electron chi connectivity index (χ4n) is 1.48.